The molecule has 0 aromatic rings. The number of nitrogens with zero attached hydrogens (tertiary/aromatic N) is 2. The van der Waals surface area contributed by atoms with Crippen molar-refractivity contribution in [2.24, 2.45) is 0 Å². The van der Waals surface area contributed by atoms with E-state index in [0.29, 0.717) is 6.04 Å². The van der Waals surface area contributed by atoms with Crippen LogP contribution in [0.1, 0.15) is 12.8 Å². The lowest BCUT2D eigenvalue weighted by atomic mass is 10.1. The van der Waals surface area contributed by atoms with Crippen LogP contribution in [0.5, 0.6) is 0 Å². The van der Waals surface area contributed by atoms with Crippen LogP contribution in [-0.4, -0.2) is 60.6 Å². The summed E-state index contributed by atoms with van der Waals surface area (Å²) >= 11 is 0. The van der Waals surface area contributed by atoms with Crippen molar-refractivity contribution in [2.45, 2.75) is 18.9 Å². The van der Waals surface area contributed by atoms with Gasteiger partial charge in [0.15, 0.2) is 0 Å². The standard InChI is InChI=1S/C9H18N2O2/c1-10-5-6-11(2)8(7-10)3-4-9(12)13/h8H,3-7H2,1-2H3,(H,12,13). The molecule has 0 aromatic carbocycles. The fraction of sp³-hybridized carbons (Fsp3) is 0.889. The first-order valence-electron chi connectivity index (χ1n) is 4.70. The van der Waals surface area contributed by atoms with Crippen molar-refractivity contribution in [2.75, 3.05) is 33.7 Å². The van der Waals surface area contributed by atoms with Crippen LogP contribution in [0.4, 0.5) is 0 Å². The molecule has 76 valence electrons. The Bertz CT molecular complexity index is 184. The number of piperazine rings is 1. The van der Waals surface area contributed by atoms with E-state index in [1.165, 1.54) is 0 Å². The van der Waals surface area contributed by atoms with Crippen molar-refractivity contribution < 1.29 is 9.90 Å². The second-order valence-electron chi connectivity index (χ2n) is 3.83. The minimum Gasteiger partial charge on any atom is -0.481 e. The Morgan fingerprint density at radius 3 is 2.77 bits per heavy atom. The third-order valence-corrected chi connectivity index (χ3v) is 2.67. The Morgan fingerprint density at radius 2 is 2.15 bits per heavy atom. The van der Waals surface area contributed by atoms with Crippen molar-refractivity contribution >= 4 is 5.97 Å². The van der Waals surface area contributed by atoms with Crippen LogP contribution in [-0.2, 0) is 4.79 Å². The quantitative estimate of drug-likeness (QED) is 0.679. The molecule has 1 saturated heterocycles. The van der Waals surface area contributed by atoms with E-state index < -0.39 is 5.97 Å². The monoisotopic (exact) mass is 186 g/mol. The highest BCUT2D eigenvalue weighted by Gasteiger charge is 2.22. The highest BCUT2D eigenvalue weighted by atomic mass is 16.4. The van der Waals surface area contributed by atoms with Crippen molar-refractivity contribution in [1.29, 1.82) is 0 Å². The maximum atomic E-state index is 10.4. The summed E-state index contributed by atoms with van der Waals surface area (Å²) in [5.41, 5.74) is 0. The van der Waals surface area contributed by atoms with Crippen molar-refractivity contribution in [3.05, 3.63) is 0 Å². The zero-order valence-corrected chi connectivity index (χ0v) is 8.36. The first kappa shape index (κ1) is 10.5. The van der Waals surface area contributed by atoms with Crippen LogP contribution in [0.2, 0.25) is 0 Å². The van der Waals surface area contributed by atoms with Crippen LogP contribution >= 0.6 is 0 Å². The molecule has 1 fully saturated rings. The van der Waals surface area contributed by atoms with Crippen LogP contribution in [0.25, 0.3) is 0 Å². The minimum atomic E-state index is -0.693. The van der Waals surface area contributed by atoms with Gasteiger partial charge < -0.3 is 14.9 Å². The number of hydrogen-bond donors (Lipinski definition) is 1. The molecule has 13 heavy (non-hydrogen) atoms. The van der Waals surface area contributed by atoms with E-state index in [4.69, 9.17) is 5.11 Å². The second-order valence-corrected chi connectivity index (χ2v) is 3.83. The number of aliphatic carboxylic acids is 1. The summed E-state index contributed by atoms with van der Waals surface area (Å²) in [6, 6.07) is 0.412. The van der Waals surface area contributed by atoms with Gasteiger partial charge in [0.05, 0.1) is 0 Å². The third-order valence-electron chi connectivity index (χ3n) is 2.67. The van der Waals surface area contributed by atoms with Gasteiger partial charge in [0.1, 0.15) is 0 Å². The van der Waals surface area contributed by atoms with Gasteiger partial charge >= 0.3 is 5.97 Å². The Hall–Kier alpha value is -0.610. The summed E-state index contributed by atoms with van der Waals surface area (Å²) in [4.78, 5) is 14.9. The molecule has 0 aliphatic carbocycles. The molecule has 4 heteroatoms. The Kier molecular flexibility index (Phi) is 3.69. The summed E-state index contributed by atoms with van der Waals surface area (Å²) in [5, 5.41) is 8.56. The van der Waals surface area contributed by atoms with Gasteiger partial charge in [0, 0.05) is 32.1 Å². The SMILES string of the molecule is CN1CCN(C)C(CCC(=O)O)C1. The van der Waals surface area contributed by atoms with Crippen molar-refractivity contribution in [1.82, 2.24) is 9.80 Å². The number of rotatable bonds is 3. The van der Waals surface area contributed by atoms with E-state index in [1.807, 2.05) is 0 Å². The summed E-state index contributed by atoms with van der Waals surface area (Å²) < 4.78 is 0. The molecule has 4 nitrogen and oxygen atoms in total. The fourth-order valence-electron chi connectivity index (χ4n) is 1.70. The molecule has 0 saturated carbocycles. The normalized spacial score (nSPS) is 26.2. The van der Waals surface area contributed by atoms with Crippen molar-refractivity contribution in [3.8, 4) is 0 Å². The molecular weight excluding hydrogens is 168 g/mol. The fourth-order valence-corrected chi connectivity index (χ4v) is 1.70. The number of hydrogen-bond acceptors (Lipinski definition) is 3. The Balaban J connectivity index is 2.33. The molecule has 1 heterocycles. The van der Waals surface area contributed by atoms with Gasteiger partial charge in [-0.3, -0.25) is 4.79 Å². The molecule has 0 aromatic heterocycles. The Labute approximate surface area is 79.1 Å². The molecule has 1 N–H and O–H groups in total. The number of carbonyl (C=O) groups is 1. The molecule has 0 radical (unpaired) electrons. The number of carboxylic acids is 1. The van der Waals surface area contributed by atoms with Crippen LogP contribution in [0, 0.1) is 0 Å². The number of likely N-dealkylation sites (N-methyl/N-ethyl adjacent to an activating group) is 2. The number of carboxylic acid groups (broad SMARTS) is 1. The molecular formula is C9H18N2O2. The van der Waals surface area contributed by atoms with Crippen LogP contribution in [0.3, 0.4) is 0 Å². The van der Waals surface area contributed by atoms with E-state index in [2.05, 4.69) is 23.9 Å². The molecule has 1 aliphatic rings. The second kappa shape index (κ2) is 4.58. The molecule has 0 amide bonds. The Morgan fingerprint density at radius 1 is 1.46 bits per heavy atom. The summed E-state index contributed by atoms with van der Waals surface area (Å²) in [6.45, 7) is 3.12. The summed E-state index contributed by atoms with van der Waals surface area (Å²) in [7, 11) is 4.15. The van der Waals surface area contributed by atoms with Gasteiger partial charge in [-0.25, -0.2) is 0 Å². The average molecular weight is 186 g/mol. The van der Waals surface area contributed by atoms with Crippen LogP contribution in [0.15, 0.2) is 0 Å². The zero-order chi connectivity index (χ0) is 9.84. The lowest BCUT2D eigenvalue weighted by Crippen LogP contribution is -2.49. The lowest BCUT2D eigenvalue weighted by molar-refractivity contribution is -0.137. The highest BCUT2D eigenvalue weighted by molar-refractivity contribution is 5.66. The van der Waals surface area contributed by atoms with Gasteiger partial charge in [0.2, 0.25) is 0 Å². The van der Waals surface area contributed by atoms with Gasteiger partial charge in [-0.2, -0.15) is 0 Å². The molecule has 0 spiro atoms. The minimum absolute atomic E-state index is 0.281. The molecule has 1 rings (SSSR count). The summed E-state index contributed by atoms with van der Waals surface area (Å²) in [5.74, 6) is -0.693. The van der Waals surface area contributed by atoms with E-state index in [1.54, 1.807) is 0 Å². The predicted octanol–water partition coefficient (Wildman–Crippen LogP) is 0.0970. The summed E-state index contributed by atoms with van der Waals surface area (Å²) in [6.07, 6.45) is 1.04. The van der Waals surface area contributed by atoms with Gasteiger partial charge in [0.25, 0.3) is 0 Å². The van der Waals surface area contributed by atoms with Gasteiger partial charge in [-0.15, -0.1) is 0 Å². The molecule has 1 atom stereocenters. The predicted molar refractivity (Wildman–Crippen MR) is 50.8 cm³/mol. The van der Waals surface area contributed by atoms with E-state index in [-0.39, 0.29) is 6.42 Å². The van der Waals surface area contributed by atoms with E-state index in [9.17, 15) is 4.79 Å². The van der Waals surface area contributed by atoms with Gasteiger partial charge in [-0.1, -0.05) is 0 Å². The average Bonchev–Trinajstić information content (AvgIpc) is 2.06. The maximum Gasteiger partial charge on any atom is 0.303 e. The first-order valence-corrected chi connectivity index (χ1v) is 4.70. The highest BCUT2D eigenvalue weighted by Crippen LogP contribution is 2.11. The van der Waals surface area contributed by atoms with Crippen LogP contribution < -0.4 is 0 Å². The third kappa shape index (κ3) is 3.32. The molecule has 0 bridgehead atoms. The molecule has 1 aliphatic heterocycles. The van der Waals surface area contributed by atoms with Gasteiger partial charge in [-0.05, 0) is 20.5 Å². The smallest absolute Gasteiger partial charge is 0.303 e. The molecule has 1 unspecified atom stereocenters. The topological polar surface area (TPSA) is 43.8 Å². The maximum absolute atomic E-state index is 10.4. The largest absolute Gasteiger partial charge is 0.481 e. The van der Waals surface area contributed by atoms with E-state index in [0.717, 1.165) is 26.1 Å². The van der Waals surface area contributed by atoms with E-state index >= 15 is 0 Å². The lowest BCUT2D eigenvalue weighted by Gasteiger charge is -2.37. The first-order chi connectivity index (χ1) is 6.09. The van der Waals surface area contributed by atoms with Crippen molar-refractivity contribution in [3.63, 3.8) is 0 Å². The zero-order valence-electron chi connectivity index (χ0n) is 8.36.